The van der Waals surface area contributed by atoms with Crippen LogP contribution in [0.2, 0.25) is 0 Å². The summed E-state index contributed by atoms with van der Waals surface area (Å²) >= 11 is 7.86. The molecule has 2 heteroatoms. The van der Waals surface area contributed by atoms with Crippen molar-refractivity contribution in [1.82, 2.24) is 0 Å². The first-order valence-corrected chi connectivity index (χ1v) is 11.4. The van der Waals surface area contributed by atoms with Crippen LogP contribution in [0.1, 0.15) is 13.3 Å². The van der Waals surface area contributed by atoms with Gasteiger partial charge in [-0.25, -0.2) is 0 Å². The second-order valence-electron chi connectivity index (χ2n) is 5.94. The summed E-state index contributed by atoms with van der Waals surface area (Å²) in [5, 5.41) is 4.53. The third kappa shape index (κ3) is 2.34. The Morgan fingerprint density at radius 3 is 1.25 bits per heavy atom. The van der Waals surface area contributed by atoms with Gasteiger partial charge < -0.3 is 0 Å². The summed E-state index contributed by atoms with van der Waals surface area (Å²) < 4.78 is 0. The van der Waals surface area contributed by atoms with E-state index in [4.69, 9.17) is 11.2 Å². The first-order chi connectivity index (χ1) is 11.6. The van der Waals surface area contributed by atoms with Crippen LogP contribution in [-0.2, 0) is 0 Å². The second-order valence-corrected chi connectivity index (χ2v) is 12.2. The predicted molar refractivity (Wildman–Crippen MR) is 110 cm³/mol. The van der Waals surface area contributed by atoms with E-state index in [9.17, 15) is 0 Å². The average Bonchev–Trinajstić information content (AvgIpc) is 2.69. The Labute approximate surface area is 149 Å². The maximum atomic E-state index is 7.86. The molecule has 0 spiro atoms. The van der Waals surface area contributed by atoms with Gasteiger partial charge in [-0.3, -0.25) is 0 Å². The number of rotatable bonds is 5. The van der Waals surface area contributed by atoms with E-state index in [0.717, 1.165) is 27.6 Å². The van der Waals surface area contributed by atoms with Crippen LogP contribution < -0.4 is 15.9 Å². The Morgan fingerprint density at radius 2 is 1.00 bits per heavy atom. The minimum absolute atomic E-state index is 0.833. The molecule has 3 aromatic carbocycles. The predicted octanol–water partition coefficient (Wildman–Crippen LogP) is 5.59. The van der Waals surface area contributed by atoms with E-state index < -0.39 is 5.96 Å². The summed E-state index contributed by atoms with van der Waals surface area (Å²) in [7, 11) is 0. The van der Waals surface area contributed by atoms with E-state index in [1.807, 2.05) is 18.2 Å². The standard InChI is InChI=1S/C22H22ClP/c1-3-19(2)24(23,20-13-7-4-8-14-20,21-15-9-5-10-16-21)22-17-11-6-12-18-22/h4-18H,2-3H2,1H3. The summed E-state index contributed by atoms with van der Waals surface area (Å²) in [6, 6.07) is 31.3. The van der Waals surface area contributed by atoms with Crippen LogP contribution in [0.25, 0.3) is 0 Å². The first-order valence-electron chi connectivity index (χ1n) is 8.21. The molecule has 0 aromatic heterocycles. The van der Waals surface area contributed by atoms with Crippen molar-refractivity contribution in [2.75, 3.05) is 0 Å². The third-order valence-electron chi connectivity index (χ3n) is 4.73. The van der Waals surface area contributed by atoms with E-state index in [1.54, 1.807) is 0 Å². The third-order valence-corrected chi connectivity index (χ3v) is 12.5. The molecular weight excluding hydrogens is 331 g/mol. The van der Waals surface area contributed by atoms with Gasteiger partial charge in [-0.15, -0.1) is 0 Å². The molecule has 0 atom stereocenters. The minimum atomic E-state index is -3.26. The zero-order valence-corrected chi connectivity index (χ0v) is 15.6. The summed E-state index contributed by atoms with van der Waals surface area (Å²) in [5.41, 5.74) is 0. The number of hydrogen-bond acceptors (Lipinski definition) is 0. The fraction of sp³-hybridized carbons (Fsp3) is 0.0909. The Balaban J connectivity index is 2.50. The molecule has 0 unspecified atom stereocenters. The van der Waals surface area contributed by atoms with Gasteiger partial charge in [0.05, 0.1) is 0 Å². The molecular formula is C22H22ClP. The molecule has 0 bridgehead atoms. The quantitative estimate of drug-likeness (QED) is 0.525. The van der Waals surface area contributed by atoms with Crippen molar-refractivity contribution in [2.24, 2.45) is 0 Å². The Bertz CT molecular complexity index is 726. The molecule has 24 heavy (non-hydrogen) atoms. The van der Waals surface area contributed by atoms with Gasteiger partial charge in [-0.05, 0) is 0 Å². The number of benzene rings is 3. The fourth-order valence-corrected chi connectivity index (χ4v) is 9.57. The normalized spacial score (nSPS) is 13.0. The van der Waals surface area contributed by atoms with E-state index in [2.05, 4.69) is 86.3 Å². The van der Waals surface area contributed by atoms with Crippen LogP contribution in [0.5, 0.6) is 0 Å². The maximum absolute atomic E-state index is 7.86. The van der Waals surface area contributed by atoms with Crippen molar-refractivity contribution in [3.8, 4) is 0 Å². The van der Waals surface area contributed by atoms with E-state index in [1.165, 1.54) is 0 Å². The summed E-state index contributed by atoms with van der Waals surface area (Å²) in [6.45, 7) is 6.61. The van der Waals surface area contributed by atoms with Crippen molar-refractivity contribution >= 4 is 33.1 Å². The monoisotopic (exact) mass is 352 g/mol. The van der Waals surface area contributed by atoms with Gasteiger partial charge in [0.1, 0.15) is 0 Å². The van der Waals surface area contributed by atoms with Gasteiger partial charge in [0.25, 0.3) is 0 Å². The van der Waals surface area contributed by atoms with E-state index in [-0.39, 0.29) is 0 Å². The van der Waals surface area contributed by atoms with Crippen molar-refractivity contribution in [2.45, 2.75) is 13.3 Å². The molecule has 3 aromatic rings. The van der Waals surface area contributed by atoms with Crippen LogP contribution in [-0.4, -0.2) is 0 Å². The van der Waals surface area contributed by atoms with Gasteiger partial charge in [0.2, 0.25) is 0 Å². The van der Waals surface area contributed by atoms with Crippen molar-refractivity contribution in [3.63, 3.8) is 0 Å². The molecule has 122 valence electrons. The average molecular weight is 353 g/mol. The van der Waals surface area contributed by atoms with Gasteiger partial charge in [0.15, 0.2) is 0 Å². The zero-order valence-electron chi connectivity index (χ0n) is 13.9. The molecule has 0 fully saturated rings. The Kier molecular flexibility index (Phi) is 4.63. The van der Waals surface area contributed by atoms with Crippen LogP contribution >= 0.6 is 17.2 Å². The number of halogens is 1. The van der Waals surface area contributed by atoms with E-state index >= 15 is 0 Å². The van der Waals surface area contributed by atoms with Gasteiger partial charge in [-0.1, -0.05) is 0 Å². The van der Waals surface area contributed by atoms with Crippen molar-refractivity contribution in [3.05, 3.63) is 103 Å². The van der Waals surface area contributed by atoms with Crippen molar-refractivity contribution in [1.29, 1.82) is 0 Å². The van der Waals surface area contributed by atoms with Crippen molar-refractivity contribution < 1.29 is 0 Å². The van der Waals surface area contributed by atoms with Gasteiger partial charge >= 0.3 is 149 Å². The molecule has 0 nitrogen and oxygen atoms in total. The Morgan fingerprint density at radius 1 is 0.708 bits per heavy atom. The molecule has 0 saturated carbocycles. The zero-order chi connectivity index (χ0) is 17.1. The van der Waals surface area contributed by atoms with Crippen LogP contribution in [0.4, 0.5) is 0 Å². The number of hydrogen-bond donors (Lipinski definition) is 0. The molecule has 3 rings (SSSR count). The SMILES string of the molecule is C=C(CC)P(Cl)(c1ccccc1)(c1ccccc1)c1ccccc1. The van der Waals surface area contributed by atoms with Crippen LogP contribution in [0, 0.1) is 0 Å². The topological polar surface area (TPSA) is 0 Å². The molecule has 0 heterocycles. The Hall–Kier alpha value is -1.88. The van der Waals surface area contributed by atoms with Gasteiger partial charge in [0, 0.05) is 0 Å². The second kappa shape index (κ2) is 6.55. The molecule has 0 saturated heterocycles. The molecule has 0 amide bonds. The number of allylic oxidation sites excluding steroid dienone is 1. The van der Waals surface area contributed by atoms with Gasteiger partial charge in [-0.2, -0.15) is 0 Å². The first kappa shape index (κ1) is 17.0. The summed E-state index contributed by atoms with van der Waals surface area (Å²) in [5.74, 6) is -3.26. The molecule has 0 aliphatic heterocycles. The molecule has 0 radical (unpaired) electrons. The van der Waals surface area contributed by atoms with Crippen LogP contribution in [0.15, 0.2) is 103 Å². The molecule has 0 aliphatic rings. The summed E-state index contributed by atoms with van der Waals surface area (Å²) in [6.07, 6.45) is 0.833. The molecule has 0 N–H and O–H groups in total. The summed E-state index contributed by atoms with van der Waals surface area (Å²) in [4.78, 5) is 0. The fourth-order valence-electron chi connectivity index (χ4n) is 3.42. The molecule has 0 aliphatic carbocycles. The van der Waals surface area contributed by atoms with Crippen LogP contribution in [0.3, 0.4) is 0 Å². The van der Waals surface area contributed by atoms with E-state index in [0.29, 0.717) is 0 Å².